The van der Waals surface area contributed by atoms with Crippen LogP contribution >= 0.6 is 0 Å². The van der Waals surface area contributed by atoms with E-state index in [0.717, 1.165) is 6.54 Å². The number of rotatable bonds is 5. The van der Waals surface area contributed by atoms with E-state index in [-0.39, 0.29) is 5.69 Å². The number of carbonyl (C=O) groups excluding carboxylic acids is 1. The zero-order valence-corrected chi connectivity index (χ0v) is 9.23. The van der Waals surface area contributed by atoms with Crippen molar-refractivity contribution in [2.24, 2.45) is 0 Å². The topological polar surface area (TPSA) is 75.3 Å². The summed E-state index contributed by atoms with van der Waals surface area (Å²) in [6.45, 7) is 5.80. The third kappa shape index (κ3) is 3.32. The zero-order valence-electron chi connectivity index (χ0n) is 9.23. The minimum Gasteiger partial charge on any atom is -0.543 e. The van der Waals surface area contributed by atoms with Crippen molar-refractivity contribution in [1.82, 2.24) is 15.0 Å². The molecule has 1 rings (SSSR count). The van der Waals surface area contributed by atoms with Crippen LogP contribution < -0.4 is 10.0 Å². The van der Waals surface area contributed by atoms with Crippen molar-refractivity contribution in [2.75, 3.05) is 13.6 Å². The number of quaternary nitrogens is 1. The van der Waals surface area contributed by atoms with E-state index in [4.69, 9.17) is 0 Å². The minimum absolute atomic E-state index is 0.114. The van der Waals surface area contributed by atoms with E-state index < -0.39 is 5.97 Å². The highest BCUT2D eigenvalue weighted by Crippen LogP contribution is 1.89. The van der Waals surface area contributed by atoms with Gasteiger partial charge in [-0.2, -0.15) is 0 Å². The summed E-state index contributed by atoms with van der Waals surface area (Å²) in [6.07, 6.45) is 1.39. The van der Waals surface area contributed by atoms with Crippen LogP contribution in [0.3, 0.4) is 0 Å². The maximum atomic E-state index is 10.4. The lowest BCUT2D eigenvalue weighted by molar-refractivity contribution is -0.902. The predicted octanol–water partition coefficient (Wildman–Crippen LogP) is -2.44. The summed E-state index contributed by atoms with van der Waals surface area (Å²) in [4.78, 5) is 11.8. The number of nitrogens with zero attached hydrogens (tertiary/aromatic N) is 3. The zero-order chi connectivity index (χ0) is 11.4. The van der Waals surface area contributed by atoms with Gasteiger partial charge in [0, 0.05) is 0 Å². The Morgan fingerprint density at radius 3 is 2.80 bits per heavy atom. The molecule has 0 aliphatic heterocycles. The van der Waals surface area contributed by atoms with Crippen molar-refractivity contribution < 1.29 is 14.8 Å². The average Bonchev–Trinajstić information content (AvgIpc) is 2.62. The van der Waals surface area contributed by atoms with Crippen LogP contribution in [0.1, 0.15) is 24.3 Å². The molecule has 6 nitrogen and oxygen atoms in total. The molecule has 1 heterocycles. The molecule has 1 unspecified atom stereocenters. The second-order valence-corrected chi connectivity index (χ2v) is 3.91. The molecule has 0 fully saturated rings. The quantitative estimate of drug-likeness (QED) is 0.588. The third-order valence-corrected chi connectivity index (χ3v) is 2.47. The first-order chi connectivity index (χ1) is 7.00. The van der Waals surface area contributed by atoms with Crippen LogP contribution in [0.15, 0.2) is 6.20 Å². The maximum Gasteiger partial charge on any atom is 0.128 e. The number of hydrogen-bond donors (Lipinski definition) is 1. The first-order valence-corrected chi connectivity index (χ1v) is 4.94. The Balaban J connectivity index is 2.48. The standard InChI is InChI=1S/C9H16N4O2/c1-7(2)12(3)4-5-13-6-8(9(14)15)10-11-13/h6-7H,4-5H2,1-3H3,(H,14,15). The molecule has 1 atom stereocenters. The van der Waals surface area contributed by atoms with Crippen molar-refractivity contribution in [1.29, 1.82) is 0 Å². The van der Waals surface area contributed by atoms with E-state index in [9.17, 15) is 9.90 Å². The van der Waals surface area contributed by atoms with E-state index in [1.165, 1.54) is 15.8 Å². The van der Waals surface area contributed by atoms with Gasteiger partial charge in [0.15, 0.2) is 0 Å². The fourth-order valence-electron chi connectivity index (χ4n) is 1.08. The van der Waals surface area contributed by atoms with Crippen LogP contribution in [0.4, 0.5) is 0 Å². The van der Waals surface area contributed by atoms with Crippen LogP contribution in [0.5, 0.6) is 0 Å². The van der Waals surface area contributed by atoms with Gasteiger partial charge in [-0.05, 0) is 13.8 Å². The van der Waals surface area contributed by atoms with Crippen molar-refractivity contribution in [2.45, 2.75) is 26.4 Å². The Kier molecular flexibility index (Phi) is 3.79. The number of aromatic carboxylic acids is 1. The van der Waals surface area contributed by atoms with Crippen molar-refractivity contribution >= 4 is 5.97 Å². The molecule has 0 aliphatic rings. The Morgan fingerprint density at radius 2 is 2.33 bits per heavy atom. The van der Waals surface area contributed by atoms with Gasteiger partial charge in [0.25, 0.3) is 0 Å². The van der Waals surface area contributed by atoms with Gasteiger partial charge in [0.1, 0.15) is 5.69 Å². The Bertz CT molecular complexity index is 335. The van der Waals surface area contributed by atoms with Gasteiger partial charge in [0.2, 0.25) is 0 Å². The maximum absolute atomic E-state index is 10.4. The fraction of sp³-hybridized carbons (Fsp3) is 0.667. The van der Waals surface area contributed by atoms with Gasteiger partial charge >= 0.3 is 0 Å². The Hall–Kier alpha value is -1.43. The molecule has 0 saturated carbocycles. The Labute approximate surface area is 88.5 Å². The van der Waals surface area contributed by atoms with Crippen LogP contribution in [-0.4, -0.2) is 40.6 Å². The number of hydrogen-bond acceptors (Lipinski definition) is 4. The highest BCUT2D eigenvalue weighted by atomic mass is 16.4. The summed E-state index contributed by atoms with van der Waals surface area (Å²) in [5.74, 6) is -1.29. The predicted molar refractivity (Wildman–Crippen MR) is 51.2 cm³/mol. The summed E-state index contributed by atoms with van der Waals surface area (Å²) in [7, 11) is 2.08. The SMILES string of the molecule is CC(C)[NH+](C)CCn1cc(C(=O)[O-])nn1. The number of nitrogens with one attached hydrogen (secondary N) is 1. The van der Waals surface area contributed by atoms with Crippen LogP contribution in [0, 0.1) is 0 Å². The van der Waals surface area contributed by atoms with Crippen LogP contribution in [0.2, 0.25) is 0 Å². The summed E-state index contributed by atoms with van der Waals surface area (Å²) in [6, 6.07) is 0.536. The first kappa shape index (κ1) is 11.6. The Morgan fingerprint density at radius 1 is 1.67 bits per heavy atom. The van der Waals surface area contributed by atoms with E-state index in [0.29, 0.717) is 12.6 Å². The molecule has 0 bridgehead atoms. The van der Waals surface area contributed by atoms with E-state index in [1.807, 2.05) is 0 Å². The van der Waals surface area contributed by atoms with Gasteiger partial charge in [-0.1, -0.05) is 5.21 Å². The highest BCUT2D eigenvalue weighted by molar-refractivity contribution is 5.82. The molecule has 1 aromatic heterocycles. The van der Waals surface area contributed by atoms with E-state index in [2.05, 4.69) is 31.2 Å². The van der Waals surface area contributed by atoms with E-state index in [1.54, 1.807) is 0 Å². The van der Waals surface area contributed by atoms with Gasteiger partial charge in [-0.3, -0.25) is 0 Å². The molecule has 0 spiro atoms. The molecule has 84 valence electrons. The van der Waals surface area contributed by atoms with Crippen molar-refractivity contribution in [3.05, 3.63) is 11.9 Å². The van der Waals surface area contributed by atoms with Gasteiger partial charge < -0.3 is 14.8 Å². The second-order valence-electron chi connectivity index (χ2n) is 3.91. The molecule has 0 aromatic carbocycles. The van der Waals surface area contributed by atoms with E-state index >= 15 is 0 Å². The lowest BCUT2D eigenvalue weighted by Gasteiger charge is -2.17. The number of carboxylic acid groups (broad SMARTS) is 1. The van der Waals surface area contributed by atoms with Gasteiger partial charge in [-0.25, -0.2) is 4.68 Å². The molecule has 15 heavy (non-hydrogen) atoms. The minimum atomic E-state index is -1.29. The first-order valence-electron chi connectivity index (χ1n) is 4.94. The summed E-state index contributed by atoms with van der Waals surface area (Å²) in [5.41, 5.74) is -0.114. The lowest BCUT2D eigenvalue weighted by atomic mass is 10.3. The molecule has 6 heteroatoms. The molecular weight excluding hydrogens is 196 g/mol. The number of carbonyl (C=O) groups is 1. The molecule has 0 saturated heterocycles. The summed E-state index contributed by atoms with van der Waals surface area (Å²) < 4.78 is 1.52. The summed E-state index contributed by atoms with van der Waals surface area (Å²) >= 11 is 0. The third-order valence-electron chi connectivity index (χ3n) is 2.47. The number of aromatic nitrogens is 3. The molecule has 0 radical (unpaired) electrons. The largest absolute Gasteiger partial charge is 0.543 e. The van der Waals surface area contributed by atoms with Crippen molar-refractivity contribution in [3.63, 3.8) is 0 Å². The normalized spacial score (nSPS) is 13.1. The molecular formula is C9H16N4O2. The number of likely N-dealkylation sites (N-methyl/N-ethyl adjacent to an activating group) is 1. The lowest BCUT2D eigenvalue weighted by Crippen LogP contribution is -3.12. The second kappa shape index (κ2) is 4.88. The fourth-order valence-corrected chi connectivity index (χ4v) is 1.08. The van der Waals surface area contributed by atoms with Crippen LogP contribution in [-0.2, 0) is 6.54 Å². The van der Waals surface area contributed by atoms with Crippen LogP contribution in [0.25, 0.3) is 0 Å². The molecule has 1 N–H and O–H groups in total. The molecule has 1 aromatic rings. The van der Waals surface area contributed by atoms with Gasteiger partial charge in [0.05, 0.1) is 38.3 Å². The van der Waals surface area contributed by atoms with Crippen molar-refractivity contribution in [3.8, 4) is 0 Å². The average molecular weight is 212 g/mol. The summed E-state index contributed by atoms with van der Waals surface area (Å²) in [5, 5.41) is 17.6. The monoisotopic (exact) mass is 212 g/mol. The number of carboxylic acids is 1. The smallest absolute Gasteiger partial charge is 0.128 e. The van der Waals surface area contributed by atoms with Gasteiger partial charge in [-0.15, -0.1) is 5.10 Å². The molecule has 0 aliphatic carbocycles. The highest BCUT2D eigenvalue weighted by Gasteiger charge is 2.07. The molecule has 0 amide bonds.